The summed E-state index contributed by atoms with van der Waals surface area (Å²) in [6.45, 7) is 12.0. The van der Waals surface area contributed by atoms with E-state index in [1.807, 2.05) is 45.0 Å². The van der Waals surface area contributed by atoms with E-state index in [0.717, 1.165) is 5.56 Å². The molecule has 2 aromatic rings. The Morgan fingerprint density at radius 2 is 1.57 bits per heavy atom. The molecule has 11 heteroatoms. The summed E-state index contributed by atoms with van der Waals surface area (Å²) in [7, 11) is 1.47. The summed E-state index contributed by atoms with van der Waals surface area (Å²) < 4.78 is 36.8. The van der Waals surface area contributed by atoms with Gasteiger partial charge in [0.05, 0.1) is 0 Å². The molecule has 1 aromatic heterocycles. The molecule has 1 aromatic carbocycles. The molecule has 1 unspecified atom stereocenters. The number of amides is 2. The number of hydrogen-bond donors (Lipinski definition) is 2. The van der Waals surface area contributed by atoms with Crippen molar-refractivity contribution in [1.29, 1.82) is 0 Å². The minimum Gasteiger partial charge on any atom is -0.475 e. The maximum Gasteiger partial charge on any atom is 0.490 e. The van der Waals surface area contributed by atoms with E-state index in [0.29, 0.717) is 11.3 Å². The second-order valence-corrected chi connectivity index (χ2v) is 10.2. The van der Waals surface area contributed by atoms with Gasteiger partial charge in [0.15, 0.2) is 0 Å². The van der Waals surface area contributed by atoms with Crippen molar-refractivity contribution in [2.75, 3.05) is 18.6 Å². The number of carbonyl (C=O) groups excluding carboxylic acids is 2. The Morgan fingerprint density at radius 1 is 1.03 bits per heavy atom. The zero-order valence-electron chi connectivity index (χ0n) is 22.0. The molecule has 0 saturated carbocycles. The van der Waals surface area contributed by atoms with E-state index in [4.69, 9.17) is 14.6 Å². The number of rotatable bonds is 6. The molecular formula is C26H34F3N3O5. The molecule has 0 spiro atoms. The highest BCUT2D eigenvalue weighted by Crippen LogP contribution is 2.31. The molecule has 0 aliphatic carbocycles. The minimum atomic E-state index is -5.08. The lowest BCUT2D eigenvalue weighted by Crippen LogP contribution is -2.50. The maximum atomic E-state index is 13.3. The number of carboxylic acid groups (broad SMARTS) is 1. The molecule has 2 rings (SSSR count). The number of pyridine rings is 1. The monoisotopic (exact) mass is 525 g/mol. The topological polar surface area (TPSA) is 109 Å². The van der Waals surface area contributed by atoms with Crippen LogP contribution in [0.4, 0.5) is 18.9 Å². The number of carboxylic acids is 1. The first-order valence-corrected chi connectivity index (χ1v) is 11.3. The number of methoxy groups -OCH3 is 1. The number of nitrogens with zero attached hydrogens (tertiary/aromatic N) is 2. The van der Waals surface area contributed by atoms with Crippen molar-refractivity contribution in [3.05, 3.63) is 59.9 Å². The van der Waals surface area contributed by atoms with Gasteiger partial charge in [0.25, 0.3) is 5.91 Å². The van der Waals surface area contributed by atoms with Crippen LogP contribution in [0.15, 0.2) is 48.8 Å². The van der Waals surface area contributed by atoms with Crippen molar-refractivity contribution < 1.29 is 37.4 Å². The first-order valence-electron chi connectivity index (χ1n) is 11.3. The highest BCUT2D eigenvalue weighted by molar-refractivity contribution is 6.02. The Morgan fingerprint density at radius 3 is 1.95 bits per heavy atom. The highest BCUT2D eigenvalue weighted by Gasteiger charge is 2.38. The molecule has 2 N–H and O–H groups in total. The molecule has 0 bridgehead atoms. The fraction of sp³-hybridized carbons (Fsp3) is 0.462. The van der Waals surface area contributed by atoms with Crippen LogP contribution in [0.1, 0.15) is 58.7 Å². The third-order valence-electron chi connectivity index (χ3n) is 4.80. The van der Waals surface area contributed by atoms with Crippen molar-refractivity contribution >= 4 is 23.5 Å². The van der Waals surface area contributed by atoms with E-state index in [2.05, 4.69) is 31.1 Å². The number of nitrogens with one attached hydrogen (secondary N) is 1. The molecule has 37 heavy (non-hydrogen) atoms. The van der Waals surface area contributed by atoms with E-state index >= 15 is 0 Å². The van der Waals surface area contributed by atoms with Gasteiger partial charge in [-0.15, -0.1) is 0 Å². The van der Waals surface area contributed by atoms with Gasteiger partial charge in [0.1, 0.15) is 12.6 Å². The number of aromatic nitrogens is 1. The number of ether oxygens (including phenoxy) is 1. The number of aliphatic carboxylic acids is 1. The quantitative estimate of drug-likeness (QED) is 0.569. The largest absolute Gasteiger partial charge is 0.490 e. The first kappa shape index (κ1) is 31.6. The van der Waals surface area contributed by atoms with Gasteiger partial charge >= 0.3 is 12.1 Å². The van der Waals surface area contributed by atoms with Gasteiger partial charge in [-0.25, -0.2) is 4.79 Å². The summed E-state index contributed by atoms with van der Waals surface area (Å²) in [4.78, 5) is 41.0. The number of carbonyl (C=O) groups is 3. The summed E-state index contributed by atoms with van der Waals surface area (Å²) >= 11 is 0. The van der Waals surface area contributed by atoms with Gasteiger partial charge in [-0.1, -0.05) is 39.0 Å². The van der Waals surface area contributed by atoms with Crippen LogP contribution in [-0.2, 0) is 24.5 Å². The zero-order valence-corrected chi connectivity index (χ0v) is 22.0. The fourth-order valence-electron chi connectivity index (χ4n) is 3.15. The van der Waals surface area contributed by atoms with Gasteiger partial charge < -0.3 is 15.2 Å². The third-order valence-corrected chi connectivity index (χ3v) is 4.80. The molecule has 0 saturated heterocycles. The van der Waals surface area contributed by atoms with Crippen molar-refractivity contribution in [2.24, 2.45) is 0 Å². The molecule has 204 valence electrons. The predicted molar refractivity (Wildman–Crippen MR) is 133 cm³/mol. The molecule has 1 atom stereocenters. The number of anilines is 1. The molecule has 0 aliphatic rings. The van der Waals surface area contributed by atoms with Crippen LogP contribution in [0.5, 0.6) is 0 Å². The molecule has 8 nitrogen and oxygen atoms in total. The third kappa shape index (κ3) is 10.2. The maximum absolute atomic E-state index is 13.3. The SMILES string of the molecule is COCC(=O)N(c1ccc(C(C)(C)C)cc1)C(C(=O)NC(C)(C)C)c1cccnc1.O=C(O)C(F)(F)F. The van der Waals surface area contributed by atoms with Crippen LogP contribution in [0.25, 0.3) is 0 Å². The fourth-order valence-corrected chi connectivity index (χ4v) is 3.15. The van der Waals surface area contributed by atoms with Crippen LogP contribution in [0.2, 0.25) is 0 Å². The summed E-state index contributed by atoms with van der Waals surface area (Å²) in [6, 6.07) is 10.4. The van der Waals surface area contributed by atoms with Crippen molar-refractivity contribution in [2.45, 2.75) is 64.7 Å². The molecule has 2 amide bonds. The predicted octanol–water partition coefficient (Wildman–Crippen LogP) is 4.65. The van der Waals surface area contributed by atoms with Crippen LogP contribution in [0.3, 0.4) is 0 Å². The average molecular weight is 526 g/mol. The second kappa shape index (κ2) is 12.7. The summed E-state index contributed by atoms with van der Waals surface area (Å²) in [6.07, 6.45) is -1.83. The number of hydrogen-bond acceptors (Lipinski definition) is 5. The minimum absolute atomic E-state index is 0.0216. The van der Waals surface area contributed by atoms with Crippen LogP contribution in [-0.4, -0.2) is 53.3 Å². The van der Waals surface area contributed by atoms with Crippen molar-refractivity contribution in [1.82, 2.24) is 10.3 Å². The van der Waals surface area contributed by atoms with E-state index in [1.165, 1.54) is 12.0 Å². The summed E-state index contributed by atoms with van der Waals surface area (Å²) in [5, 5.41) is 10.1. The zero-order chi connectivity index (χ0) is 28.6. The van der Waals surface area contributed by atoms with Gasteiger partial charge in [-0.05, 0) is 49.9 Å². The van der Waals surface area contributed by atoms with Crippen molar-refractivity contribution in [3.8, 4) is 0 Å². The Balaban J connectivity index is 0.000000856. The van der Waals surface area contributed by atoms with Crippen LogP contribution < -0.4 is 10.2 Å². The number of benzene rings is 1. The molecular weight excluding hydrogens is 491 g/mol. The van der Waals surface area contributed by atoms with E-state index in [-0.39, 0.29) is 23.8 Å². The van der Waals surface area contributed by atoms with Crippen LogP contribution in [0, 0.1) is 0 Å². The lowest BCUT2D eigenvalue weighted by atomic mass is 9.87. The second-order valence-electron chi connectivity index (χ2n) is 10.2. The number of alkyl halides is 3. The van der Waals surface area contributed by atoms with Gasteiger partial charge in [0, 0.05) is 36.3 Å². The Hall–Kier alpha value is -3.47. The lowest BCUT2D eigenvalue weighted by Gasteiger charge is -2.34. The number of halogens is 3. The van der Waals surface area contributed by atoms with Gasteiger partial charge in [-0.3, -0.25) is 19.5 Å². The molecule has 1 heterocycles. The van der Waals surface area contributed by atoms with E-state index in [1.54, 1.807) is 24.5 Å². The first-order chi connectivity index (χ1) is 16.9. The van der Waals surface area contributed by atoms with E-state index in [9.17, 15) is 22.8 Å². The van der Waals surface area contributed by atoms with Crippen molar-refractivity contribution in [3.63, 3.8) is 0 Å². The normalized spacial score (nSPS) is 12.6. The Kier molecular flexibility index (Phi) is 10.8. The van der Waals surface area contributed by atoms with Crippen LogP contribution >= 0.6 is 0 Å². The molecule has 0 fully saturated rings. The summed E-state index contributed by atoms with van der Waals surface area (Å²) in [5.41, 5.74) is 1.92. The lowest BCUT2D eigenvalue weighted by molar-refractivity contribution is -0.192. The molecule has 0 aliphatic heterocycles. The van der Waals surface area contributed by atoms with Gasteiger partial charge in [-0.2, -0.15) is 13.2 Å². The van der Waals surface area contributed by atoms with Gasteiger partial charge in [0.2, 0.25) is 5.91 Å². The van der Waals surface area contributed by atoms with E-state index < -0.39 is 23.7 Å². The Bertz CT molecular complexity index is 1040. The highest BCUT2D eigenvalue weighted by atomic mass is 19.4. The standard InChI is InChI=1S/C24H33N3O3.C2HF3O2/c1-23(2,3)18-10-12-19(13-11-18)27(20(28)16-30-7)21(17-9-8-14-25-15-17)22(29)26-24(4,5)6;3-2(4,5)1(6)7/h8-15,21H,16H2,1-7H3,(H,26,29);(H,6,7). The Labute approximate surface area is 214 Å². The molecule has 0 radical (unpaired) electrons. The average Bonchev–Trinajstić information content (AvgIpc) is 2.76. The summed E-state index contributed by atoms with van der Waals surface area (Å²) in [5.74, 6) is -3.34. The smallest absolute Gasteiger partial charge is 0.475 e.